The number of halogens is 2. The molecule has 0 aromatic heterocycles. The first-order chi connectivity index (χ1) is 17.0. The Balaban J connectivity index is 0.000000573. The van der Waals surface area contributed by atoms with Crippen LogP contribution in [0.5, 0.6) is 0 Å². The van der Waals surface area contributed by atoms with Crippen LogP contribution in [-0.2, 0) is 23.3 Å². The molecule has 0 atom stereocenters. The van der Waals surface area contributed by atoms with Gasteiger partial charge in [0, 0.05) is 0 Å². The summed E-state index contributed by atoms with van der Waals surface area (Å²) in [6.45, 7) is 24.6. The van der Waals surface area contributed by atoms with Gasteiger partial charge in [0.05, 0.1) is 0 Å². The summed E-state index contributed by atoms with van der Waals surface area (Å²) in [5.74, 6) is 1.21. The summed E-state index contributed by atoms with van der Waals surface area (Å²) in [7, 11) is 0. The molecule has 207 valence electrons. The van der Waals surface area contributed by atoms with E-state index in [2.05, 4.69) is 113 Å². The van der Waals surface area contributed by atoms with E-state index in [1.54, 1.807) is 23.3 Å². The molecule has 0 aliphatic heterocycles. The Morgan fingerprint density at radius 3 is 1.32 bits per heavy atom. The van der Waals surface area contributed by atoms with Crippen molar-refractivity contribution in [3.05, 3.63) is 80.9 Å². The van der Waals surface area contributed by atoms with E-state index in [0.717, 1.165) is 0 Å². The van der Waals surface area contributed by atoms with Crippen molar-refractivity contribution in [1.82, 2.24) is 0 Å². The zero-order valence-corrected chi connectivity index (χ0v) is 30.5. The van der Waals surface area contributed by atoms with E-state index in [1.807, 2.05) is 0 Å². The number of rotatable bonds is 5. The third kappa shape index (κ3) is 8.92. The third-order valence-electron chi connectivity index (χ3n) is 7.55. The minimum absolute atomic E-state index is 0. The second kappa shape index (κ2) is 17.2. The van der Waals surface area contributed by atoms with Gasteiger partial charge in [-0.25, -0.2) is 0 Å². The number of fused-ring (bicyclic) bond motifs is 2. The van der Waals surface area contributed by atoms with Crippen molar-refractivity contribution >= 4 is 27.7 Å². The quantitative estimate of drug-likeness (QED) is 0.169. The van der Waals surface area contributed by atoms with E-state index in [9.17, 15) is 0 Å². The van der Waals surface area contributed by atoms with E-state index < -0.39 is 0 Å². The molecule has 0 aliphatic carbocycles. The fraction of sp³-hybridized carbons (Fsp3) is 0.471. The maximum atomic E-state index is 2.33. The van der Waals surface area contributed by atoms with E-state index in [0.29, 0.717) is 11.8 Å². The first kappa shape index (κ1) is 37.3. The second-order valence-electron chi connectivity index (χ2n) is 11.0. The largest absolute Gasteiger partial charge is 1.00 e. The zero-order valence-electron chi connectivity index (χ0n) is 25.5. The minimum Gasteiger partial charge on any atom is -1.00 e. The normalized spacial score (nSPS) is 10.5. The number of unbranched alkanes of at least 4 members (excludes halogenated alkanes) is 1. The Kier molecular flexibility index (Phi) is 16.9. The number of benzene rings is 2. The average Bonchev–Trinajstić information content (AvgIpc) is 3.30. The second-order valence-corrected chi connectivity index (χ2v) is 14.5. The van der Waals surface area contributed by atoms with Gasteiger partial charge in [0.15, 0.2) is 0 Å². The molecular weight excluding hydrogens is 599 g/mol. The topological polar surface area (TPSA) is 0 Å². The molecule has 0 heterocycles. The van der Waals surface area contributed by atoms with Crippen LogP contribution in [0.2, 0.25) is 6.04 Å². The SMILES string of the molecule is CCCC[Si]=[Zr+2].Cc1[cH-]c2c(C)ccc(C(C)C)c2c1C.Cc1[cH-]c2c(C)ccc(C(C)C)c2c1C.[Cl-].[Cl-]. The van der Waals surface area contributed by atoms with Crippen LogP contribution in [0.1, 0.15) is 104 Å². The van der Waals surface area contributed by atoms with Crippen LogP contribution in [0.3, 0.4) is 0 Å². The van der Waals surface area contributed by atoms with Crippen molar-refractivity contribution < 1.29 is 48.1 Å². The number of hydrogen-bond donors (Lipinski definition) is 0. The van der Waals surface area contributed by atoms with Crippen molar-refractivity contribution in [3.63, 3.8) is 0 Å². The van der Waals surface area contributed by atoms with Gasteiger partial charge in [0.1, 0.15) is 0 Å². The summed E-state index contributed by atoms with van der Waals surface area (Å²) in [4.78, 5) is 0. The molecule has 0 spiro atoms. The van der Waals surface area contributed by atoms with Crippen LogP contribution in [0, 0.1) is 41.5 Å². The Labute approximate surface area is 261 Å². The smallest absolute Gasteiger partial charge is 0.0308 e. The summed E-state index contributed by atoms with van der Waals surface area (Å²) < 4.78 is 0. The fourth-order valence-corrected chi connectivity index (χ4v) is 6.80. The third-order valence-corrected chi connectivity index (χ3v) is 9.99. The molecule has 0 amide bonds. The molecule has 0 unspecified atom stereocenters. The molecule has 0 aliphatic rings. The zero-order chi connectivity index (χ0) is 27.2. The van der Waals surface area contributed by atoms with Crippen molar-refractivity contribution in [2.24, 2.45) is 0 Å². The Hall–Kier alpha value is -0.660. The Morgan fingerprint density at radius 1 is 0.684 bits per heavy atom. The molecular formula is C34H47Cl2SiZr-2. The Bertz CT molecular complexity index is 1210. The molecule has 4 heteroatoms. The van der Waals surface area contributed by atoms with E-state index in [1.165, 1.54) is 91.1 Å². The van der Waals surface area contributed by atoms with Crippen LogP contribution in [-0.4, -0.2) is 6.16 Å². The first-order valence-electron chi connectivity index (χ1n) is 13.7. The van der Waals surface area contributed by atoms with Gasteiger partial charge in [-0.3, -0.25) is 0 Å². The maximum Gasteiger partial charge on any atom is -0.0308 e. The molecule has 0 nitrogen and oxygen atoms in total. The molecule has 0 N–H and O–H groups in total. The van der Waals surface area contributed by atoms with Gasteiger partial charge in [-0.05, 0) is 11.8 Å². The summed E-state index contributed by atoms with van der Waals surface area (Å²) in [5.41, 5.74) is 11.5. The van der Waals surface area contributed by atoms with Crippen LogP contribution in [0.25, 0.3) is 21.5 Å². The van der Waals surface area contributed by atoms with Gasteiger partial charge >= 0.3 is 55.3 Å². The maximum absolute atomic E-state index is 2.33. The minimum atomic E-state index is 0. The van der Waals surface area contributed by atoms with Crippen molar-refractivity contribution in [1.29, 1.82) is 0 Å². The van der Waals surface area contributed by atoms with Gasteiger partial charge < -0.3 is 24.8 Å². The average molecular weight is 646 g/mol. The monoisotopic (exact) mass is 643 g/mol. The van der Waals surface area contributed by atoms with Crippen molar-refractivity contribution in [3.8, 4) is 0 Å². The van der Waals surface area contributed by atoms with Crippen LogP contribution in [0.4, 0.5) is 0 Å². The van der Waals surface area contributed by atoms with E-state index in [-0.39, 0.29) is 24.8 Å². The van der Waals surface area contributed by atoms with Crippen LogP contribution >= 0.6 is 0 Å². The molecule has 4 aromatic carbocycles. The molecule has 4 rings (SSSR count). The Morgan fingerprint density at radius 2 is 1.05 bits per heavy atom. The molecule has 0 fully saturated rings. The summed E-state index contributed by atoms with van der Waals surface area (Å²) >= 11 is 1.72. The molecule has 0 bridgehead atoms. The number of aryl methyl sites for hydroxylation is 6. The van der Waals surface area contributed by atoms with Gasteiger partial charge in [0.2, 0.25) is 0 Å². The standard InChI is InChI=1S/2C15H19.C4H9Si.2ClH.Zr/c2*1-9(2)13-7-6-10(3)14-8-11(4)12(5)15(13)14;1-2-3-4-5;;;/h2*6-9H,1-5H3;2-4H2,1H3;2*1H;/q2*-1;;;;+2/p-2. The predicted octanol–water partition coefficient (Wildman–Crippen LogP) is 4.59. The van der Waals surface area contributed by atoms with Gasteiger partial charge in [-0.1, -0.05) is 92.5 Å². The van der Waals surface area contributed by atoms with Crippen LogP contribution < -0.4 is 24.8 Å². The predicted molar refractivity (Wildman–Crippen MR) is 161 cm³/mol. The van der Waals surface area contributed by atoms with Gasteiger partial charge in [0.25, 0.3) is 0 Å². The molecule has 4 aromatic rings. The summed E-state index contributed by atoms with van der Waals surface area (Å²) in [5, 5.41) is 5.86. The molecule has 1 radical (unpaired) electrons. The molecule has 0 saturated carbocycles. The van der Waals surface area contributed by atoms with E-state index >= 15 is 0 Å². The summed E-state index contributed by atoms with van der Waals surface area (Å²) in [6.07, 6.45) is 4.08. The van der Waals surface area contributed by atoms with E-state index in [4.69, 9.17) is 0 Å². The van der Waals surface area contributed by atoms with Gasteiger partial charge in [-0.2, -0.15) is 11.1 Å². The van der Waals surface area contributed by atoms with Crippen LogP contribution in [0.15, 0.2) is 36.4 Å². The molecule has 38 heavy (non-hydrogen) atoms. The van der Waals surface area contributed by atoms with Crippen molar-refractivity contribution in [2.45, 2.75) is 107 Å². The molecule has 0 saturated heterocycles. The fourth-order valence-electron chi connectivity index (χ4n) is 4.96. The van der Waals surface area contributed by atoms with Gasteiger partial charge in [-0.15, -0.1) is 68.1 Å². The van der Waals surface area contributed by atoms with Crippen molar-refractivity contribution in [2.75, 3.05) is 0 Å². The first-order valence-corrected chi connectivity index (χ1v) is 18.6. The number of hydrogen-bond acceptors (Lipinski definition) is 0. The summed E-state index contributed by atoms with van der Waals surface area (Å²) in [6, 6.07) is 15.2.